The van der Waals surface area contributed by atoms with Crippen molar-refractivity contribution in [3.8, 4) is 5.75 Å². The van der Waals surface area contributed by atoms with Crippen LogP contribution in [0.1, 0.15) is 18.9 Å². The second-order valence-electron chi connectivity index (χ2n) is 4.08. The van der Waals surface area contributed by atoms with Gasteiger partial charge in [0.05, 0.1) is 12.3 Å². The number of anilines is 1. The highest BCUT2D eigenvalue weighted by Gasteiger charge is 2.09. The summed E-state index contributed by atoms with van der Waals surface area (Å²) in [5.41, 5.74) is 1.40. The summed E-state index contributed by atoms with van der Waals surface area (Å²) < 4.78 is 29.9. The molecule has 0 fully saturated rings. The van der Waals surface area contributed by atoms with E-state index in [1.165, 1.54) is 0 Å². The van der Waals surface area contributed by atoms with Crippen LogP contribution >= 0.6 is 11.8 Å². The molecule has 0 atom stereocenters. The molecule has 1 rings (SSSR count). The quantitative estimate of drug-likeness (QED) is 0.454. The van der Waals surface area contributed by atoms with E-state index in [-0.39, 0.29) is 0 Å². The molecule has 0 aliphatic carbocycles. The molecule has 7 heteroatoms. The molecule has 1 aromatic carbocycles. The topological polar surface area (TPSA) is 67.4 Å². The molecule has 0 aromatic heterocycles. The SMILES string of the molecule is CCSCCCOc1cccc(N[SH](=O)=O)c1CNC. The molecule has 2 N–H and O–H groups in total. The number of nitrogens with one attached hydrogen (secondary N) is 2. The van der Waals surface area contributed by atoms with Gasteiger partial charge in [0.2, 0.25) is 10.9 Å². The summed E-state index contributed by atoms with van der Waals surface area (Å²) in [7, 11) is -0.859. The largest absolute Gasteiger partial charge is 0.493 e. The number of hydrogen-bond donors (Lipinski definition) is 3. The lowest BCUT2D eigenvalue weighted by Crippen LogP contribution is -2.11. The highest BCUT2D eigenvalue weighted by Crippen LogP contribution is 2.26. The van der Waals surface area contributed by atoms with Crippen LogP contribution in [-0.4, -0.2) is 33.6 Å². The van der Waals surface area contributed by atoms with Crippen LogP contribution in [0.5, 0.6) is 5.75 Å². The maximum Gasteiger partial charge on any atom is 0.222 e. The van der Waals surface area contributed by atoms with Crippen molar-refractivity contribution in [3.63, 3.8) is 0 Å². The van der Waals surface area contributed by atoms with Crippen molar-refractivity contribution < 1.29 is 13.2 Å². The molecule has 1 aromatic rings. The second kappa shape index (κ2) is 9.90. The van der Waals surface area contributed by atoms with Gasteiger partial charge in [-0.2, -0.15) is 11.8 Å². The summed E-state index contributed by atoms with van der Waals surface area (Å²) in [6.07, 6.45) is 0.977. The first-order chi connectivity index (χ1) is 9.69. The number of rotatable bonds is 10. The summed E-state index contributed by atoms with van der Waals surface area (Å²) >= 11 is 1.88. The normalized spacial score (nSPS) is 10.8. The molecule has 0 saturated heterocycles. The first-order valence-electron chi connectivity index (χ1n) is 6.57. The minimum atomic E-state index is -2.67. The van der Waals surface area contributed by atoms with Crippen LogP contribution in [-0.2, 0) is 17.4 Å². The lowest BCUT2D eigenvalue weighted by atomic mass is 10.1. The standard InChI is InChI=1S/C13H22N2O3S2/c1-3-19-9-5-8-18-13-7-4-6-12(15-20(16)17)11(13)10-14-2/h4,6-7,14,20H,3,5,8-10H2,1-2H3,(H,15,16,17). The molecule has 0 amide bonds. The van der Waals surface area contributed by atoms with Crippen LogP contribution in [0.15, 0.2) is 18.2 Å². The second-order valence-corrected chi connectivity index (χ2v) is 6.21. The van der Waals surface area contributed by atoms with Gasteiger partial charge in [-0.1, -0.05) is 13.0 Å². The van der Waals surface area contributed by atoms with E-state index in [1.54, 1.807) is 12.1 Å². The third kappa shape index (κ3) is 6.02. The lowest BCUT2D eigenvalue weighted by molar-refractivity contribution is 0.315. The van der Waals surface area contributed by atoms with Gasteiger partial charge in [-0.05, 0) is 37.1 Å². The lowest BCUT2D eigenvalue weighted by Gasteiger charge is -2.14. The van der Waals surface area contributed by atoms with E-state index in [9.17, 15) is 8.42 Å². The van der Waals surface area contributed by atoms with Crippen molar-refractivity contribution in [3.05, 3.63) is 23.8 Å². The Bertz CT molecular complexity index is 471. The Morgan fingerprint density at radius 2 is 2.15 bits per heavy atom. The Labute approximate surface area is 126 Å². The predicted molar refractivity (Wildman–Crippen MR) is 86.3 cm³/mol. The van der Waals surface area contributed by atoms with E-state index in [2.05, 4.69) is 17.0 Å². The van der Waals surface area contributed by atoms with Crippen molar-refractivity contribution in [1.29, 1.82) is 0 Å². The van der Waals surface area contributed by atoms with E-state index in [0.29, 0.717) is 18.8 Å². The maximum absolute atomic E-state index is 10.8. The molecule has 0 aliphatic heterocycles. The predicted octanol–water partition coefficient (Wildman–Crippen LogP) is 1.87. The molecule has 0 saturated carbocycles. The van der Waals surface area contributed by atoms with Gasteiger partial charge in [-0.25, -0.2) is 8.42 Å². The first kappa shape index (κ1) is 17.1. The van der Waals surface area contributed by atoms with Crippen LogP contribution in [0, 0.1) is 0 Å². The number of thioether (sulfide) groups is 1. The molecular formula is C13H22N2O3S2. The Balaban J connectivity index is 2.72. The van der Waals surface area contributed by atoms with Gasteiger partial charge in [0.1, 0.15) is 5.75 Å². The molecule has 0 bridgehead atoms. The zero-order valence-electron chi connectivity index (χ0n) is 11.8. The smallest absolute Gasteiger partial charge is 0.222 e. The molecular weight excluding hydrogens is 296 g/mol. The minimum absolute atomic E-state index is 0.547. The van der Waals surface area contributed by atoms with Gasteiger partial charge in [-0.3, -0.25) is 4.72 Å². The fraction of sp³-hybridized carbons (Fsp3) is 0.538. The van der Waals surface area contributed by atoms with Gasteiger partial charge in [-0.15, -0.1) is 0 Å². The van der Waals surface area contributed by atoms with Crippen LogP contribution in [0.25, 0.3) is 0 Å². The van der Waals surface area contributed by atoms with Crippen LogP contribution < -0.4 is 14.8 Å². The Hall–Kier alpha value is -0.920. The minimum Gasteiger partial charge on any atom is -0.493 e. The molecule has 0 radical (unpaired) electrons. The van der Waals surface area contributed by atoms with Crippen molar-refractivity contribution in [2.45, 2.75) is 19.9 Å². The Morgan fingerprint density at radius 1 is 1.35 bits per heavy atom. The molecule has 0 heterocycles. The number of thiol groups is 1. The van der Waals surface area contributed by atoms with Crippen molar-refractivity contribution >= 4 is 28.3 Å². The van der Waals surface area contributed by atoms with Gasteiger partial charge in [0, 0.05) is 12.1 Å². The Morgan fingerprint density at radius 3 is 2.80 bits per heavy atom. The van der Waals surface area contributed by atoms with Gasteiger partial charge in [0.15, 0.2) is 0 Å². The average Bonchev–Trinajstić information content (AvgIpc) is 2.41. The molecule has 114 valence electrons. The maximum atomic E-state index is 10.8. The zero-order chi connectivity index (χ0) is 14.8. The number of ether oxygens (including phenoxy) is 1. The fourth-order valence-corrected chi connectivity index (χ4v) is 2.77. The first-order valence-corrected chi connectivity index (χ1v) is 8.90. The van der Waals surface area contributed by atoms with E-state index < -0.39 is 10.9 Å². The van der Waals surface area contributed by atoms with Crippen molar-refractivity contribution in [1.82, 2.24) is 5.32 Å². The van der Waals surface area contributed by atoms with E-state index in [0.717, 1.165) is 29.2 Å². The summed E-state index contributed by atoms with van der Waals surface area (Å²) in [6.45, 7) is 3.32. The summed E-state index contributed by atoms with van der Waals surface area (Å²) in [5, 5.41) is 3.03. The van der Waals surface area contributed by atoms with Crippen molar-refractivity contribution in [2.24, 2.45) is 0 Å². The molecule has 0 unspecified atom stereocenters. The molecule has 20 heavy (non-hydrogen) atoms. The van der Waals surface area contributed by atoms with E-state index >= 15 is 0 Å². The van der Waals surface area contributed by atoms with Crippen molar-refractivity contribution in [2.75, 3.05) is 29.9 Å². The zero-order valence-corrected chi connectivity index (χ0v) is 13.6. The highest BCUT2D eigenvalue weighted by molar-refractivity contribution is 7.99. The fourth-order valence-electron chi connectivity index (χ4n) is 1.75. The van der Waals surface area contributed by atoms with Gasteiger partial charge >= 0.3 is 0 Å². The summed E-state index contributed by atoms with van der Waals surface area (Å²) in [5.74, 6) is 2.91. The third-order valence-electron chi connectivity index (χ3n) is 2.59. The third-order valence-corrected chi connectivity index (χ3v) is 4.00. The monoisotopic (exact) mass is 318 g/mol. The number of benzene rings is 1. The van der Waals surface area contributed by atoms with Crippen LogP contribution in [0.4, 0.5) is 5.69 Å². The van der Waals surface area contributed by atoms with E-state index in [4.69, 9.17) is 4.74 Å². The molecule has 0 spiro atoms. The Kier molecular flexibility index (Phi) is 8.48. The summed E-state index contributed by atoms with van der Waals surface area (Å²) in [4.78, 5) is 0. The highest BCUT2D eigenvalue weighted by atomic mass is 32.2. The molecule has 0 aliphatic rings. The van der Waals surface area contributed by atoms with E-state index in [1.807, 2.05) is 24.9 Å². The number of hydrogen-bond acceptors (Lipinski definition) is 5. The van der Waals surface area contributed by atoms with Gasteiger partial charge in [0.25, 0.3) is 0 Å². The average molecular weight is 318 g/mol. The van der Waals surface area contributed by atoms with Crippen LogP contribution in [0.2, 0.25) is 0 Å². The van der Waals surface area contributed by atoms with Crippen LogP contribution in [0.3, 0.4) is 0 Å². The summed E-state index contributed by atoms with van der Waals surface area (Å²) in [6, 6.07) is 5.39. The molecule has 5 nitrogen and oxygen atoms in total. The van der Waals surface area contributed by atoms with Gasteiger partial charge < -0.3 is 10.1 Å².